The quantitative estimate of drug-likeness (QED) is 0.842. The number of benzene rings is 1. The third-order valence-electron chi connectivity index (χ3n) is 3.67. The van der Waals surface area contributed by atoms with Gasteiger partial charge in [0.1, 0.15) is 0 Å². The minimum atomic E-state index is -4.65. The molecule has 0 radical (unpaired) electrons. The summed E-state index contributed by atoms with van der Waals surface area (Å²) >= 11 is 1.65. The maximum atomic E-state index is 12.5. The number of amides is 1. The van der Waals surface area contributed by atoms with Gasteiger partial charge < -0.3 is 9.42 Å². The van der Waals surface area contributed by atoms with E-state index in [1.165, 1.54) is 0 Å². The third kappa shape index (κ3) is 3.72. The first-order valence-electron chi connectivity index (χ1n) is 7.26. The molecule has 1 aliphatic rings. The summed E-state index contributed by atoms with van der Waals surface area (Å²) in [7, 11) is 0. The number of nitrogens with zero attached hydrogens (tertiary/aromatic N) is 3. The Kier molecular flexibility index (Phi) is 4.53. The maximum Gasteiger partial charge on any atom is 0.471 e. The van der Waals surface area contributed by atoms with Gasteiger partial charge >= 0.3 is 12.1 Å². The Morgan fingerprint density at radius 2 is 2.04 bits per heavy atom. The summed E-state index contributed by atoms with van der Waals surface area (Å²) in [6.45, 7) is 3.03. The molecule has 1 aliphatic heterocycles. The van der Waals surface area contributed by atoms with Gasteiger partial charge in [0, 0.05) is 35.7 Å². The van der Waals surface area contributed by atoms with Crippen molar-refractivity contribution in [3.63, 3.8) is 0 Å². The molecular weight excluding hydrogens is 343 g/mol. The van der Waals surface area contributed by atoms with Crippen molar-refractivity contribution < 1.29 is 22.5 Å². The summed E-state index contributed by atoms with van der Waals surface area (Å²) in [5.41, 5.74) is 0.454. The van der Waals surface area contributed by atoms with Crippen molar-refractivity contribution >= 4 is 17.7 Å². The summed E-state index contributed by atoms with van der Waals surface area (Å²) < 4.78 is 41.6. The molecule has 0 bridgehead atoms. The van der Waals surface area contributed by atoms with Crippen LogP contribution < -0.4 is 0 Å². The van der Waals surface area contributed by atoms with E-state index in [0.29, 0.717) is 17.4 Å². The van der Waals surface area contributed by atoms with Crippen LogP contribution in [0.25, 0.3) is 11.4 Å². The van der Waals surface area contributed by atoms with Gasteiger partial charge in [0.25, 0.3) is 0 Å². The van der Waals surface area contributed by atoms with Crippen LogP contribution in [-0.4, -0.2) is 39.3 Å². The van der Waals surface area contributed by atoms with Crippen LogP contribution >= 0.6 is 11.8 Å². The molecule has 1 aromatic heterocycles. The molecule has 24 heavy (non-hydrogen) atoms. The van der Waals surface area contributed by atoms with Gasteiger partial charge in [-0.25, -0.2) is 0 Å². The molecule has 1 saturated heterocycles. The lowest BCUT2D eigenvalue weighted by Gasteiger charge is -2.13. The van der Waals surface area contributed by atoms with Crippen molar-refractivity contribution in [2.24, 2.45) is 0 Å². The lowest BCUT2D eigenvalue weighted by molar-refractivity contribution is -0.159. The monoisotopic (exact) mass is 357 g/mol. The Balaban J connectivity index is 1.66. The fourth-order valence-corrected chi connectivity index (χ4v) is 3.60. The first-order valence-corrected chi connectivity index (χ1v) is 8.14. The van der Waals surface area contributed by atoms with Gasteiger partial charge in [-0.2, -0.15) is 18.2 Å². The minimum absolute atomic E-state index is 0.0750. The Morgan fingerprint density at radius 1 is 1.33 bits per heavy atom. The molecule has 0 N–H and O–H groups in total. The van der Waals surface area contributed by atoms with Gasteiger partial charge in [0.15, 0.2) is 0 Å². The molecule has 3 rings (SSSR count). The predicted molar refractivity (Wildman–Crippen MR) is 81.3 cm³/mol. The number of aromatic nitrogens is 2. The van der Waals surface area contributed by atoms with Crippen molar-refractivity contribution in [2.75, 3.05) is 13.1 Å². The molecule has 2 aromatic rings. The van der Waals surface area contributed by atoms with E-state index in [1.807, 2.05) is 4.90 Å². The van der Waals surface area contributed by atoms with Crippen LogP contribution in [0.3, 0.4) is 0 Å². The number of likely N-dealkylation sites (tertiary alicyclic amines) is 1. The molecule has 2 heterocycles. The number of rotatable bonds is 3. The second-order valence-corrected chi connectivity index (χ2v) is 6.81. The number of carbonyl (C=O) groups excluding carboxylic acids is 1. The molecule has 9 heteroatoms. The average molecular weight is 357 g/mol. The van der Waals surface area contributed by atoms with E-state index in [-0.39, 0.29) is 11.7 Å². The van der Waals surface area contributed by atoms with E-state index >= 15 is 0 Å². The van der Waals surface area contributed by atoms with Crippen molar-refractivity contribution in [2.45, 2.75) is 29.7 Å². The maximum absolute atomic E-state index is 12.5. The third-order valence-corrected chi connectivity index (χ3v) is 4.94. The highest BCUT2D eigenvalue weighted by Crippen LogP contribution is 2.32. The molecule has 128 valence electrons. The number of hydrogen-bond donors (Lipinski definition) is 0. The zero-order valence-corrected chi connectivity index (χ0v) is 13.5. The fraction of sp³-hybridized carbons (Fsp3) is 0.400. The van der Waals surface area contributed by atoms with Gasteiger partial charge in [-0.1, -0.05) is 5.16 Å². The molecule has 0 spiro atoms. The van der Waals surface area contributed by atoms with E-state index in [9.17, 15) is 18.0 Å². The molecule has 5 nitrogen and oxygen atoms in total. The number of alkyl halides is 3. The van der Waals surface area contributed by atoms with E-state index < -0.39 is 12.1 Å². The van der Waals surface area contributed by atoms with Crippen LogP contribution in [0.5, 0.6) is 0 Å². The summed E-state index contributed by atoms with van der Waals surface area (Å²) in [5.74, 6) is -1.38. The zero-order valence-electron chi connectivity index (χ0n) is 12.7. The summed E-state index contributed by atoms with van der Waals surface area (Å²) in [6.07, 6.45) is -3.72. The molecular formula is C15H14F3N3O2S. The lowest BCUT2D eigenvalue weighted by Crippen LogP contribution is -2.26. The first kappa shape index (κ1) is 16.8. The van der Waals surface area contributed by atoms with Crippen molar-refractivity contribution in [1.29, 1.82) is 0 Å². The van der Waals surface area contributed by atoms with Gasteiger partial charge in [0.05, 0.1) is 0 Å². The van der Waals surface area contributed by atoms with E-state index in [1.54, 1.807) is 43.0 Å². The minimum Gasteiger partial charge on any atom is -0.342 e. The highest BCUT2D eigenvalue weighted by Gasteiger charge is 2.38. The van der Waals surface area contributed by atoms with Crippen LogP contribution in [0.4, 0.5) is 13.2 Å². The fourth-order valence-electron chi connectivity index (χ4n) is 2.44. The van der Waals surface area contributed by atoms with Crippen molar-refractivity contribution in [3.05, 3.63) is 30.2 Å². The SMILES string of the molecule is CC(=O)N1CCC(Sc2ccc(-c3noc(C(F)(F)F)n3)cc2)C1. The standard InChI is InChI=1S/C15H14F3N3O2S/c1-9(22)21-7-6-12(8-21)24-11-4-2-10(3-5-11)13-19-14(23-20-13)15(16,17)18/h2-5,12H,6-8H2,1H3. The van der Waals surface area contributed by atoms with E-state index in [0.717, 1.165) is 17.9 Å². The second kappa shape index (κ2) is 6.46. The Morgan fingerprint density at radius 3 is 2.58 bits per heavy atom. The van der Waals surface area contributed by atoms with Gasteiger partial charge in [0.2, 0.25) is 11.7 Å². The molecule has 0 saturated carbocycles. The van der Waals surface area contributed by atoms with Crippen LogP contribution in [0.2, 0.25) is 0 Å². The lowest BCUT2D eigenvalue weighted by atomic mass is 10.2. The predicted octanol–water partition coefficient (Wildman–Crippen LogP) is 3.47. The summed E-state index contributed by atoms with van der Waals surface area (Å²) in [4.78, 5) is 17.5. The van der Waals surface area contributed by atoms with Crippen LogP contribution in [-0.2, 0) is 11.0 Å². The zero-order chi connectivity index (χ0) is 17.3. The van der Waals surface area contributed by atoms with E-state index in [2.05, 4.69) is 14.7 Å². The van der Waals surface area contributed by atoms with Crippen molar-refractivity contribution in [3.8, 4) is 11.4 Å². The summed E-state index contributed by atoms with van der Waals surface area (Å²) in [5, 5.41) is 3.68. The van der Waals surface area contributed by atoms with Crippen LogP contribution in [0.1, 0.15) is 19.2 Å². The molecule has 1 aromatic carbocycles. The number of carbonyl (C=O) groups is 1. The molecule has 1 amide bonds. The topological polar surface area (TPSA) is 59.2 Å². The largest absolute Gasteiger partial charge is 0.471 e. The highest BCUT2D eigenvalue weighted by molar-refractivity contribution is 8.00. The molecule has 1 atom stereocenters. The molecule has 1 fully saturated rings. The van der Waals surface area contributed by atoms with E-state index in [4.69, 9.17) is 0 Å². The number of halogens is 3. The molecule has 0 aliphatic carbocycles. The summed E-state index contributed by atoms with van der Waals surface area (Å²) in [6, 6.07) is 6.93. The smallest absolute Gasteiger partial charge is 0.342 e. The van der Waals surface area contributed by atoms with Crippen molar-refractivity contribution in [1.82, 2.24) is 15.0 Å². The Bertz CT molecular complexity index is 730. The van der Waals surface area contributed by atoms with Gasteiger partial charge in [-0.15, -0.1) is 11.8 Å². The Labute approximate surface area is 140 Å². The number of hydrogen-bond acceptors (Lipinski definition) is 5. The molecule has 1 unspecified atom stereocenters. The van der Waals surface area contributed by atoms with Gasteiger partial charge in [-0.3, -0.25) is 4.79 Å². The highest BCUT2D eigenvalue weighted by atomic mass is 32.2. The van der Waals surface area contributed by atoms with Crippen LogP contribution in [0, 0.1) is 0 Å². The Hall–Kier alpha value is -2.03. The van der Waals surface area contributed by atoms with Gasteiger partial charge in [-0.05, 0) is 30.7 Å². The normalized spacial score (nSPS) is 18.2. The second-order valence-electron chi connectivity index (χ2n) is 5.44. The first-order chi connectivity index (χ1) is 11.3. The van der Waals surface area contributed by atoms with Crippen LogP contribution in [0.15, 0.2) is 33.7 Å². The number of thioether (sulfide) groups is 1. The average Bonchev–Trinajstić information content (AvgIpc) is 3.16.